The van der Waals surface area contributed by atoms with Crippen LogP contribution in [-0.2, 0) is 19.0 Å². The van der Waals surface area contributed by atoms with E-state index in [1.807, 2.05) is 6.92 Å². The zero-order chi connectivity index (χ0) is 19.9. The van der Waals surface area contributed by atoms with Gasteiger partial charge in [-0.2, -0.15) is 13.2 Å². The van der Waals surface area contributed by atoms with E-state index in [-0.39, 0.29) is 0 Å². The van der Waals surface area contributed by atoms with Crippen molar-refractivity contribution in [2.24, 2.45) is 4.99 Å². The molecule has 2 rings (SSSR count). The molecule has 0 aliphatic rings. The van der Waals surface area contributed by atoms with E-state index in [4.69, 9.17) is 0 Å². The number of alkyl halides is 3. The van der Waals surface area contributed by atoms with Gasteiger partial charge < -0.3 is 10.6 Å². The first-order valence-corrected chi connectivity index (χ1v) is 10.5. The molecular weight excluding hydrogens is 395 g/mol. The molecule has 0 saturated heterocycles. The van der Waals surface area contributed by atoms with Gasteiger partial charge in [0.1, 0.15) is 0 Å². The molecule has 0 bridgehead atoms. The molecular formula is C17H24F3N5S2. The molecule has 0 aliphatic heterocycles. The third-order valence-electron chi connectivity index (χ3n) is 3.52. The van der Waals surface area contributed by atoms with Gasteiger partial charge in [0.15, 0.2) is 11.7 Å². The molecule has 2 N–H and O–H groups in total. The summed E-state index contributed by atoms with van der Waals surface area (Å²) in [6, 6.07) is 0. The van der Waals surface area contributed by atoms with E-state index >= 15 is 0 Å². The number of nitrogens with zero attached hydrogens (tertiary/aromatic N) is 3. The highest BCUT2D eigenvalue weighted by molar-refractivity contribution is 7.10. The molecule has 2 heterocycles. The third-order valence-corrected chi connectivity index (χ3v) is 5.62. The minimum absolute atomic E-state index is 0.369. The van der Waals surface area contributed by atoms with Gasteiger partial charge in [-0.1, -0.05) is 13.8 Å². The molecule has 0 radical (unpaired) electrons. The number of thiazole rings is 2. The van der Waals surface area contributed by atoms with Gasteiger partial charge >= 0.3 is 6.18 Å². The van der Waals surface area contributed by atoms with Gasteiger partial charge in [0.05, 0.1) is 15.7 Å². The third kappa shape index (κ3) is 7.10. The molecule has 2 aromatic rings. The number of halogens is 3. The van der Waals surface area contributed by atoms with E-state index in [0.717, 1.165) is 33.8 Å². The average molecular weight is 420 g/mol. The quantitative estimate of drug-likeness (QED) is 0.500. The van der Waals surface area contributed by atoms with E-state index in [1.165, 1.54) is 0 Å². The van der Waals surface area contributed by atoms with E-state index in [1.54, 1.807) is 11.3 Å². The van der Waals surface area contributed by atoms with Crippen LogP contribution in [0.25, 0.3) is 0 Å². The number of aliphatic imine (C=N–C) groups is 1. The lowest BCUT2D eigenvalue weighted by molar-refractivity contribution is -0.140. The normalized spacial score (nSPS) is 12.6. The zero-order valence-corrected chi connectivity index (χ0v) is 17.2. The summed E-state index contributed by atoms with van der Waals surface area (Å²) in [5.74, 6) is 1.07. The van der Waals surface area contributed by atoms with E-state index in [9.17, 15) is 13.2 Å². The maximum Gasteiger partial charge on any atom is 0.434 e. The van der Waals surface area contributed by atoms with Crippen molar-refractivity contribution in [3.8, 4) is 0 Å². The van der Waals surface area contributed by atoms with Crippen LogP contribution in [0.5, 0.6) is 0 Å². The van der Waals surface area contributed by atoms with Gasteiger partial charge in [0.2, 0.25) is 0 Å². The van der Waals surface area contributed by atoms with Crippen molar-refractivity contribution in [3.05, 3.63) is 32.2 Å². The standard InChI is InChI=1S/C17H24F3N5S2/c1-4-21-16(22-7-5-12-9-27-15(24-12)11(2)3)23-8-6-14-25-13(10-26-14)17(18,19)20/h9-11H,4-8H2,1-3H3,(H2,21,22,23). The fourth-order valence-corrected chi connectivity index (χ4v) is 3.84. The Balaban J connectivity index is 1.81. The van der Waals surface area contributed by atoms with E-state index < -0.39 is 11.9 Å². The molecule has 27 heavy (non-hydrogen) atoms. The number of rotatable bonds is 8. The largest absolute Gasteiger partial charge is 0.434 e. The lowest BCUT2D eigenvalue weighted by atomic mass is 10.2. The zero-order valence-electron chi connectivity index (χ0n) is 15.6. The number of hydrogen-bond donors (Lipinski definition) is 2. The van der Waals surface area contributed by atoms with Gasteiger partial charge in [-0.05, 0) is 6.92 Å². The molecule has 0 aliphatic carbocycles. The minimum atomic E-state index is -4.39. The Morgan fingerprint density at radius 3 is 2.52 bits per heavy atom. The maximum absolute atomic E-state index is 12.6. The van der Waals surface area contributed by atoms with Crippen molar-refractivity contribution < 1.29 is 13.2 Å². The van der Waals surface area contributed by atoms with Crippen LogP contribution in [0.15, 0.2) is 15.8 Å². The van der Waals surface area contributed by atoms with Gasteiger partial charge in [-0.25, -0.2) is 9.97 Å². The smallest absolute Gasteiger partial charge is 0.357 e. The Kier molecular flexibility index (Phi) is 8.03. The summed E-state index contributed by atoms with van der Waals surface area (Å²) in [5.41, 5.74) is 0.218. The fourth-order valence-electron chi connectivity index (χ4n) is 2.17. The van der Waals surface area contributed by atoms with Crippen LogP contribution in [0, 0.1) is 0 Å². The highest BCUT2D eigenvalue weighted by atomic mass is 32.1. The SMILES string of the molecule is CCNC(=NCCc1nc(C(F)(F)F)cs1)NCCc1csc(C(C)C)n1. The van der Waals surface area contributed by atoms with E-state index in [0.29, 0.717) is 42.9 Å². The first kappa shape index (κ1) is 21.6. The first-order valence-electron chi connectivity index (χ1n) is 8.77. The number of nitrogens with one attached hydrogen (secondary N) is 2. The van der Waals surface area contributed by atoms with Gasteiger partial charge in [-0.15, -0.1) is 22.7 Å². The summed E-state index contributed by atoms with van der Waals surface area (Å²) in [5, 5.41) is 11.0. The van der Waals surface area contributed by atoms with Crippen LogP contribution in [0.3, 0.4) is 0 Å². The minimum Gasteiger partial charge on any atom is -0.357 e. The van der Waals surface area contributed by atoms with Crippen LogP contribution in [0.1, 0.15) is 48.1 Å². The molecule has 150 valence electrons. The van der Waals surface area contributed by atoms with Crippen molar-refractivity contribution in [1.82, 2.24) is 20.6 Å². The molecule has 0 amide bonds. The van der Waals surface area contributed by atoms with Crippen LogP contribution >= 0.6 is 22.7 Å². The second-order valence-electron chi connectivity index (χ2n) is 6.14. The summed E-state index contributed by atoms with van der Waals surface area (Å²) in [4.78, 5) is 12.6. The predicted octanol–water partition coefficient (Wildman–Crippen LogP) is 4.08. The molecule has 5 nitrogen and oxygen atoms in total. The van der Waals surface area contributed by atoms with Crippen LogP contribution < -0.4 is 10.6 Å². The van der Waals surface area contributed by atoms with Gasteiger partial charge in [0.25, 0.3) is 0 Å². The highest BCUT2D eigenvalue weighted by Gasteiger charge is 2.33. The summed E-state index contributed by atoms with van der Waals surface area (Å²) < 4.78 is 37.7. The molecule has 10 heteroatoms. The molecule has 0 saturated carbocycles. The summed E-state index contributed by atoms with van der Waals surface area (Å²) in [6.45, 7) is 7.96. The molecule has 0 fully saturated rings. The topological polar surface area (TPSA) is 62.2 Å². The lowest BCUT2D eigenvalue weighted by Crippen LogP contribution is -2.38. The Labute approximate surface area is 165 Å². The Bertz CT molecular complexity index is 737. The summed E-state index contributed by atoms with van der Waals surface area (Å²) >= 11 is 2.68. The summed E-state index contributed by atoms with van der Waals surface area (Å²) in [6.07, 6.45) is -3.23. The van der Waals surface area contributed by atoms with Gasteiger partial charge in [0, 0.05) is 49.2 Å². The van der Waals surface area contributed by atoms with Gasteiger partial charge in [-0.3, -0.25) is 4.99 Å². The average Bonchev–Trinajstić information content (AvgIpc) is 3.24. The van der Waals surface area contributed by atoms with Crippen LogP contribution in [0.4, 0.5) is 13.2 Å². The molecule has 0 spiro atoms. The van der Waals surface area contributed by atoms with Crippen molar-refractivity contribution in [3.63, 3.8) is 0 Å². The fraction of sp³-hybridized carbons (Fsp3) is 0.588. The number of aromatic nitrogens is 2. The number of guanidine groups is 1. The summed E-state index contributed by atoms with van der Waals surface area (Å²) in [7, 11) is 0. The lowest BCUT2D eigenvalue weighted by Gasteiger charge is -2.10. The molecule has 0 unspecified atom stereocenters. The predicted molar refractivity (Wildman–Crippen MR) is 105 cm³/mol. The molecule has 0 aromatic carbocycles. The monoisotopic (exact) mass is 419 g/mol. The van der Waals surface area contributed by atoms with Crippen LogP contribution in [-0.4, -0.2) is 35.6 Å². The van der Waals surface area contributed by atoms with E-state index in [2.05, 4.69) is 44.8 Å². The molecule has 2 aromatic heterocycles. The Morgan fingerprint density at radius 2 is 1.93 bits per heavy atom. The second kappa shape index (κ2) is 10.0. The molecule has 0 atom stereocenters. The maximum atomic E-state index is 12.6. The number of hydrogen-bond acceptors (Lipinski definition) is 5. The first-order chi connectivity index (χ1) is 12.8. The van der Waals surface area contributed by atoms with Crippen molar-refractivity contribution in [1.29, 1.82) is 0 Å². The van der Waals surface area contributed by atoms with Crippen molar-refractivity contribution in [2.75, 3.05) is 19.6 Å². The second-order valence-corrected chi connectivity index (χ2v) is 7.98. The van der Waals surface area contributed by atoms with Crippen molar-refractivity contribution in [2.45, 2.75) is 45.7 Å². The highest BCUT2D eigenvalue weighted by Crippen LogP contribution is 2.30. The Hall–Kier alpha value is -1.68. The van der Waals surface area contributed by atoms with Crippen molar-refractivity contribution >= 4 is 28.6 Å². The van der Waals surface area contributed by atoms with Crippen LogP contribution in [0.2, 0.25) is 0 Å². The Morgan fingerprint density at radius 1 is 1.15 bits per heavy atom.